The summed E-state index contributed by atoms with van der Waals surface area (Å²) in [6.07, 6.45) is -5.55. The maximum atomic E-state index is 12.2. The Labute approximate surface area is 549 Å². The van der Waals surface area contributed by atoms with Crippen molar-refractivity contribution in [1.29, 1.82) is 0 Å². The number of fused-ring (bicyclic) bond motifs is 6. The molecular formula is C76H98O15S. The highest BCUT2D eigenvalue weighted by Gasteiger charge is 2.65. The van der Waals surface area contributed by atoms with E-state index < -0.39 is 89.6 Å². The van der Waals surface area contributed by atoms with E-state index in [1.807, 2.05) is 115 Å². The molecule has 8 saturated heterocycles. The van der Waals surface area contributed by atoms with Gasteiger partial charge >= 0.3 is 0 Å². The minimum atomic E-state index is -1.15. The number of aliphatic hydroxyl groups is 2. The van der Waals surface area contributed by atoms with Crippen molar-refractivity contribution in [2.45, 2.75) is 246 Å². The Balaban J connectivity index is 0.797. The van der Waals surface area contributed by atoms with Gasteiger partial charge in [0.15, 0.2) is 5.79 Å². The largest absolute Gasteiger partial charge is 0.390 e. The van der Waals surface area contributed by atoms with Crippen molar-refractivity contribution in [2.75, 3.05) is 19.0 Å². The molecule has 0 unspecified atom stereocenters. The molecule has 0 saturated carbocycles. The fourth-order valence-electron chi connectivity index (χ4n) is 16.3. The minimum absolute atomic E-state index is 0.0124. The summed E-state index contributed by atoms with van der Waals surface area (Å²) in [5.41, 5.74) is 4.25. The van der Waals surface area contributed by atoms with E-state index in [0.717, 1.165) is 40.0 Å². The van der Waals surface area contributed by atoms with E-state index in [0.29, 0.717) is 65.1 Å². The average molecular weight is 1280 g/mol. The summed E-state index contributed by atoms with van der Waals surface area (Å²) in [6.45, 7) is 16.0. The monoisotopic (exact) mass is 1280 g/mol. The molecule has 13 rings (SSSR count). The third-order valence-corrected chi connectivity index (χ3v) is 22.8. The Hall–Kier alpha value is -4.15. The van der Waals surface area contributed by atoms with E-state index in [1.54, 1.807) is 0 Å². The summed E-state index contributed by atoms with van der Waals surface area (Å²) >= 11 is 1.84. The molecule has 2 N–H and O–H groups in total. The second-order valence-electron chi connectivity index (χ2n) is 27.9. The molecule has 0 aliphatic carbocycles. The summed E-state index contributed by atoms with van der Waals surface area (Å²) < 4.78 is 94.6. The van der Waals surface area contributed by atoms with Crippen LogP contribution in [0, 0.1) is 23.7 Å². The number of aliphatic hydroxyl groups excluding tert-OH is 2. The first kappa shape index (κ1) is 66.5. The second-order valence-corrected chi connectivity index (χ2v) is 29.5. The topological polar surface area (TPSA) is 160 Å². The molecule has 92 heavy (non-hydrogen) atoms. The molecule has 8 fully saturated rings. The van der Waals surface area contributed by atoms with Crippen LogP contribution in [0.4, 0.5) is 0 Å². The van der Waals surface area contributed by atoms with Gasteiger partial charge in [-0.3, -0.25) is 0 Å². The quantitative estimate of drug-likeness (QED) is 0.0852. The Morgan fingerprint density at radius 1 is 0.489 bits per heavy atom. The molecule has 16 heteroatoms. The van der Waals surface area contributed by atoms with Crippen LogP contribution in [0.1, 0.15) is 121 Å². The highest BCUT2D eigenvalue weighted by molar-refractivity contribution is 8.00. The number of hydrogen-bond acceptors (Lipinski definition) is 16. The molecule has 1 spiro atoms. The van der Waals surface area contributed by atoms with Crippen LogP contribution < -0.4 is 0 Å². The summed E-state index contributed by atoms with van der Waals surface area (Å²) in [5, 5.41) is 24.2. The molecular weight excluding hydrogens is 1180 g/mol. The molecule has 5 aromatic rings. The molecule has 0 aromatic heterocycles. The van der Waals surface area contributed by atoms with Gasteiger partial charge in [0.2, 0.25) is 0 Å². The maximum absolute atomic E-state index is 12.2. The van der Waals surface area contributed by atoms with Gasteiger partial charge in [0.1, 0.15) is 22.7 Å². The second kappa shape index (κ2) is 29.7. The van der Waals surface area contributed by atoms with Crippen molar-refractivity contribution in [3.63, 3.8) is 0 Å². The van der Waals surface area contributed by atoms with Crippen molar-refractivity contribution in [3.05, 3.63) is 179 Å². The van der Waals surface area contributed by atoms with Crippen molar-refractivity contribution < 1.29 is 71.8 Å². The Morgan fingerprint density at radius 3 is 1.66 bits per heavy atom. The Kier molecular flexibility index (Phi) is 21.4. The first-order valence-corrected chi connectivity index (χ1v) is 35.3. The van der Waals surface area contributed by atoms with Gasteiger partial charge in [0.05, 0.1) is 138 Å². The third-order valence-electron chi connectivity index (χ3n) is 21.5. The fourth-order valence-corrected chi connectivity index (χ4v) is 17.7. The highest BCUT2D eigenvalue weighted by Crippen LogP contribution is 2.56. The van der Waals surface area contributed by atoms with Gasteiger partial charge in [0.25, 0.3) is 0 Å². The number of ether oxygens (including phenoxy) is 13. The Bertz CT molecular complexity index is 3070. The highest BCUT2D eigenvalue weighted by atomic mass is 32.2. The van der Waals surface area contributed by atoms with Crippen molar-refractivity contribution in [1.82, 2.24) is 0 Å². The zero-order valence-electron chi connectivity index (χ0n) is 54.5. The standard InChI is InChI=1S/C76H98O15S/c1-7-92-76-39-48(2)33-64-63(87-69(76)38-65-70(91-76)50(4)71(83-45-56-31-21-12-22-32-56)73-72(88-65)49(3)51(5)75(90-73)40-57(46-84-75)80-42-53-25-15-9-16-26-53)37-68-74(6,89-64)67(82-44-55-29-19-11-20-30-55)36-62-61(86-68)35-59(78)58(77)34-60(81-43-54-27-17-10-18-28-54)66(85-62)47-79-41-52-23-13-8-14-24-52/h8-32,48-51,57-73,77-78H,7,33-47H2,1-6H3/t48-,49-,50+,51-,57-,58-,59+,60+,61-,62+,63-,64+,65-,66-,67+,68+,69+,70+,71-,72+,73-,74-,75+,76+/m0/s1. The van der Waals surface area contributed by atoms with Crippen LogP contribution in [0.2, 0.25) is 0 Å². The van der Waals surface area contributed by atoms with E-state index in [2.05, 4.69) is 90.1 Å². The predicted octanol–water partition coefficient (Wildman–Crippen LogP) is 12.1. The molecule has 0 amide bonds. The number of hydrogen-bond donors (Lipinski definition) is 2. The lowest BCUT2D eigenvalue weighted by Gasteiger charge is -2.56. The van der Waals surface area contributed by atoms with Crippen LogP contribution in [0.5, 0.6) is 0 Å². The lowest BCUT2D eigenvalue weighted by atomic mass is 9.75. The molecule has 0 bridgehead atoms. The van der Waals surface area contributed by atoms with Gasteiger partial charge in [-0.05, 0) is 65.2 Å². The minimum Gasteiger partial charge on any atom is -0.390 e. The number of rotatable bonds is 18. The van der Waals surface area contributed by atoms with Crippen LogP contribution in [0.15, 0.2) is 152 Å². The number of benzene rings is 5. The van der Waals surface area contributed by atoms with Crippen LogP contribution in [0.3, 0.4) is 0 Å². The van der Waals surface area contributed by atoms with Crippen LogP contribution in [-0.2, 0) is 94.6 Å². The van der Waals surface area contributed by atoms with Crippen LogP contribution in [-0.4, -0.2) is 149 Å². The summed E-state index contributed by atoms with van der Waals surface area (Å²) in [6, 6.07) is 51.0. The van der Waals surface area contributed by atoms with E-state index in [4.69, 9.17) is 61.6 Å². The van der Waals surface area contributed by atoms with E-state index in [9.17, 15) is 10.2 Å². The molecule has 8 aliphatic heterocycles. The van der Waals surface area contributed by atoms with Crippen molar-refractivity contribution in [3.8, 4) is 0 Å². The van der Waals surface area contributed by atoms with Gasteiger partial charge in [-0.2, -0.15) is 0 Å². The van der Waals surface area contributed by atoms with E-state index in [1.165, 1.54) is 0 Å². The lowest BCUT2D eigenvalue weighted by molar-refractivity contribution is -0.342. The Morgan fingerprint density at radius 2 is 1.03 bits per heavy atom. The molecule has 0 radical (unpaired) electrons. The number of thioether (sulfide) groups is 1. The smallest absolute Gasteiger partial charge is 0.174 e. The fraction of sp³-hybridized carbons (Fsp3) is 0.605. The van der Waals surface area contributed by atoms with Gasteiger partial charge < -0.3 is 71.8 Å². The van der Waals surface area contributed by atoms with Crippen molar-refractivity contribution in [2.24, 2.45) is 23.7 Å². The zero-order valence-corrected chi connectivity index (χ0v) is 55.3. The molecule has 15 nitrogen and oxygen atoms in total. The normalized spacial score (nSPS) is 40.5. The summed E-state index contributed by atoms with van der Waals surface area (Å²) in [7, 11) is 0. The molecule has 8 aliphatic rings. The first-order chi connectivity index (χ1) is 44.7. The van der Waals surface area contributed by atoms with Crippen LogP contribution >= 0.6 is 11.8 Å². The van der Waals surface area contributed by atoms with Crippen molar-refractivity contribution >= 4 is 11.8 Å². The van der Waals surface area contributed by atoms with Crippen LogP contribution in [0.25, 0.3) is 0 Å². The average Bonchev–Trinajstić information content (AvgIpc) is 1.45. The van der Waals surface area contributed by atoms with Gasteiger partial charge in [-0.1, -0.05) is 186 Å². The van der Waals surface area contributed by atoms with E-state index in [-0.39, 0.29) is 80.2 Å². The SMILES string of the molecule is CCS[C@]12C[C@@H](C)C[C@H]3O[C@@]4(C)[C@H](OCc5ccccc5)C[C@H]5O[C@@H](COCc6ccccc6)[C@H](OCc6ccccc6)C[C@H](O)[C@H](O)C[C@@H]5O[C@@H]4C[C@@H]3O[C@@H]1C[C@@H]1O[C@@H]3[C@@H](C)[C@H](C)[C@@]4(C[C@H](OCc5ccccc5)CO4)O[C@H]3[C@@H](OCc3ccccc3)[C@H](C)[C@H]1O2. The summed E-state index contributed by atoms with van der Waals surface area (Å²) in [4.78, 5) is -0.740. The molecule has 5 aromatic carbocycles. The molecule has 498 valence electrons. The molecule has 8 heterocycles. The van der Waals surface area contributed by atoms with E-state index >= 15 is 0 Å². The van der Waals surface area contributed by atoms with Gasteiger partial charge in [-0.15, -0.1) is 11.8 Å². The molecule has 24 atom stereocenters. The summed E-state index contributed by atoms with van der Waals surface area (Å²) in [5.74, 6) is -0.115. The van der Waals surface area contributed by atoms with Gasteiger partial charge in [-0.25, -0.2) is 0 Å². The lowest BCUT2D eigenvalue weighted by Crippen LogP contribution is -2.65. The van der Waals surface area contributed by atoms with Gasteiger partial charge in [0, 0.05) is 50.4 Å². The zero-order chi connectivity index (χ0) is 63.4. The maximum Gasteiger partial charge on any atom is 0.174 e. The predicted molar refractivity (Wildman–Crippen MR) is 349 cm³/mol. The third kappa shape index (κ3) is 14.7. The first-order valence-electron chi connectivity index (χ1n) is 34.3.